The summed E-state index contributed by atoms with van der Waals surface area (Å²) in [6.07, 6.45) is 20.3. The number of para-hydroxylation sites is 2. The van der Waals surface area contributed by atoms with Crippen LogP contribution in [-0.4, -0.2) is 23.2 Å². The number of allylic oxidation sites excluding steroid dienone is 10. The van der Waals surface area contributed by atoms with Crippen LogP contribution >= 0.6 is 0 Å². The summed E-state index contributed by atoms with van der Waals surface area (Å²) in [6.45, 7) is 0. The van der Waals surface area contributed by atoms with Crippen molar-refractivity contribution < 1.29 is 0 Å². The van der Waals surface area contributed by atoms with Gasteiger partial charge in [0.2, 0.25) is 0 Å². The van der Waals surface area contributed by atoms with E-state index in [9.17, 15) is 0 Å². The van der Waals surface area contributed by atoms with Crippen molar-refractivity contribution in [3.05, 3.63) is 119 Å². The number of aliphatic imine (C=N–C) groups is 3. The Labute approximate surface area is 185 Å². The molecular weight excluding hydrogens is 396 g/mol. The predicted octanol–water partition coefficient (Wildman–Crippen LogP) is 4.29. The average molecular weight is 414 g/mol. The molecule has 152 valence electrons. The molecule has 1 aromatic carbocycles. The van der Waals surface area contributed by atoms with Crippen LogP contribution < -0.4 is 16.0 Å². The second-order valence-electron chi connectivity index (χ2n) is 8.12. The van der Waals surface area contributed by atoms with Crippen LogP contribution in [0, 0.1) is 0 Å². The maximum Gasteiger partial charge on any atom is 0.109 e. The SMILES string of the molecule is C1=CC2=NC1=CC1=NC(=CC3=C4Nc5ccccc5NC4C(=CC4=NC(=C2)C=C4)N3)C=C1. The molecule has 1 aromatic rings. The fourth-order valence-electron chi connectivity index (χ4n) is 4.42. The van der Waals surface area contributed by atoms with Crippen molar-refractivity contribution in [2.45, 2.75) is 6.04 Å². The summed E-state index contributed by atoms with van der Waals surface area (Å²) in [5, 5.41) is 10.9. The van der Waals surface area contributed by atoms with Crippen molar-refractivity contribution in [1.82, 2.24) is 5.32 Å². The molecule has 0 radical (unpaired) electrons. The van der Waals surface area contributed by atoms with Crippen molar-refractivity contribution in [3.8, 4) is 0 Å². The first-order valence-corrected chi connectivity index (χ1v) is 10.6. The molecule has 7 rings (SSSR count). The second kappa shape index (κ2) is 6.52. The molecule has 6 aliphatic heterocycles. The third kappa shape index (κ3) is 2.85. The van der Waals surface area contributed by atoms with Gasteiger partial charge in [-0.2, -0.15) is 0 Å². The Morgan fingerprint density at radius 1 is 0.594 bits per heavy atom. The minimum Gasteiger partial charge on any atom is -0.370 e. The van der Waals surface area contributed by atoms with E-state index in [2.05, 4.69) is 45.2 Å². The average Bonchev–Trinajstić information content (AvgIpc) is 3.58. The third-order valence-electron chi connectivity index (χ3n) is 5.90. The van der Waals surface area contributed by atoms with Crippen molar-refractivity contribution in [3.63, 3.8) is 0 Å². The highest BCUT2D eigenvalue weighted by molar-refractivity contribution is 6.12. The van der Waals surface area contributed by atoms with Gasteiger partial charge in [-0.1, -0.05) is 12.1 Å². The quantitative estimate of drug-likeness (QED) is 0.593. The van der Waals surface area contributed by atoms with Gasteiger partial charge in [0.15, 0.2) is 0 Å². The Bertz CT molecular complexity index is 1430. The van der Waals surface area contributed by atoms with E-state index in [0.717, 1.165) is 62.7 Å². The highest BCUT2D eigenvalue weighted by Gasteiger charge is 2.33. The van der Waals surface area contributed by atoms with Gasteiger partial charge < -0.3 is 16.0 Å². The summed E-state index contributed by atoms with van der Waals surface area (Å²) in [7, 11) is 0. The second-order valence-corrected chi connectivity index (χ2v) is 8.12. The first kappa shape index (κ1) is 17.3. The molecule has 0 saturated carbocycles. The number of benzene rings is 1. The minimum absolute atomic E-state index is 0.0177. The molecule has 6 heterocycles. The van der Waals surface area contributed by atoms with Crippen molar-refractivity contribution in [1.29, 1.82) is 0 Å². The standard InChI is InChI=1S/C26H18N6/c1-2-4-22-21(3-1)31-25-23-13-19-9-7-17(28-19)11-15-5-6-16(27-15)12-18-8-10-20(29-18)14-24(30-23)26(25)32-22/h1-14,25,30-32H. The van der Waals surface area contributed by atoms with Gasteiger partial charge in [0.05, 0.1) is 57.0 Å². The number of fused-ring (bicyclic) bond motifs is 8. The van der Waals surface area contributed by atoms with Gasteiger partial charge in [-0.15, -0.1) is 0 Å². The summed E-state index contributed by atoms with van der Waals surface area (Å²) in [5.41, 5.74) is 10.6. The Morgan fingerprint density at radius 2 is 1.19 bits per heavy atom. The molecule has 32 heavy (non-hydrogen) atoms. The molecule has 6 nitrogen and oxygen atoms in total. The van der Waals surface area contributed by atoms with Gasteiger partial charge in [-0.3, -0.25) is 0 Å². The molecule has 8 bridgehead atoms. The zero-order valence-electron chi connectivity index (χ0n) is 17.0. The molecule has 0 aromatic heterocycles. The molecule has 1 atom stereocenters. The van der Waals surface area contributed by atoms with Gasteiger partial charge in [-0.05, 0) is 72.9 Å². The lowest BCUT2D eigenvalue weighted by Crippen LogP contribution is -2.31. The molecule has 0 spiro atoms. The van der Waals surface area contributed by atoms with E-state index in [1.54, 1.807) is 0 Å². The minimum atomic E-state index is -0.0177. The summed E-state index contributed by atoms with van der Waals surface area (Å²) >= 11 is 0. The lowest BCUT2D eigenvalue weighted by atomic mass is 10.1. The maximum absolute atomic E-state index is 4.77. The van der Waals surface area contributed by atoms with Crippen LogP contribution in [0.25, 0.3) is 0 Å². The molecule has 6 heteroatoms. The van der Waals surface area contributed by atoms with Crippen molar-refractivity contribution in [2.24, 2.45) is 15.0 Å². The maximum atomic E-state index is 4.77. The van der Waals surface area contributed by atoms with E-state index < -0.39 is 0 Å². The number of hydrogen-bond acceptors (Lipinski definition) is 6. The Balaban J connectivity index is 1.39. The highest BCUT2D eigenvalue weighted by atomic mass is 15.2. The number of anilines is 2. The normalized spacial score (nSPS) is 23.6. The number of rotatable bonds is 0. The fraction of sp³-hybridized carbons (Fsp3) is 0.0385. The van der Waals surface area contributed by atoms with Crippen LogP contribution in [0.2, 0.25) is 0 Å². The first-order valence-electron chi connectivity index (χ1n) is 10.6. The first-order chi connectivity index (χ1) is 15.8. The van der Waals surface area contributed by atoms with Gasteiger partial charge in [0.25, 0.3) is 0 Å². The Hall–Kier alpha value is -4.45. The summed E-state index contributed by atoms with van der Waals surface area (Å²) in [5.74, 6) is 0. The monoisotopic (exact) mass is 414 g/mol. The Kier molecular flexibility index (Phi) is 3.52. The lowest BCUT2D eigenvalue weighted by molar-refractivity contribution is 0.926. The summed E-state index contributed by atoms with van der Waals surface area (Å²) in [4.78, 5) is 14.2. The highest BCUT2D eigenvalue weighted by Crippen LogP contribution is 2.37. The fourth-order valence-corrected chi connectivity index (χ4v) is 4.42. The van der Waals surface area contributed by atoms with Gasteiger partial charge >= 0.3 is 0 Å². The van der Waals surface area contributed by atoms with Gasteiger partial charge in [0, 0.05) is 5.70 Å². The lowest BCUT2D eigenvalue weighted by Gasteiger charge is -2.28. The molecule has 0 fully saturated rings. The predicted molar refractivity (Wildman–Crippen MR) is 130 cm³/mol. The van der Waals surface area contributed by atoms with Crippen LogP contribution in [0.15, 0.2) is 134 Å². The molecule has 0 amide bonds. The number of hydrogen-bond donors (Lipinski definition) is 3. The molecule has 6 aliphatic rings. The molecule has 0 aliphatic carbocycles. The smallest absolute Gasteiger partial charge is 0.109 e. The zero-order valence-corrected chi connectivity index (χ0v) is 17.0. The van der Waals surface area contributed by atoms with E-state index in [4.69, 9.17) is 9.98 Å². The van der Waals surface area contributed by atoms with E-state index >= 15 is 0 Å². The molecule has 3 N–H and O–H groups in total. The summed E-state index contributed by atoms with van der Waals surface area (Å²) in [6, 6.07) is 8.22. The van der Waals surface area contributed by atoms with E-state index in [1.807, 2.05) is 60.7 Å². The van der Waals surface area contributed by atoms with Crippen LogP contribution in [0.5, 0.6) is 0 Å². The van der Waals surface area contributed by atoms with Gasteiger partial charge in [-0.25, -0.2) is 15.0 Å². The van der Waals surface area contributed by atoms with Gasteiger partial charge in [0.1, 0.15) is 6.04 Å². The van der Waals surface area contributed by atoms with E-state index in [1.165, 1.54) is 0 Å². The van der Waals surface area contributed by atoms with Crippen LogP contribution in [0.1, 0.15) is 0 Å². The van der Waals surface area contributed by atoms with Crippen molar-refractivity contribution in [2.75, 3.05) is 10.6 Å². The van der Waals surface area contributed by atoms with E-state index in [0.29, 0.717) is 0 Å². The molecular formula is C26H18N6. The van der Waals surface area contributed by atoms with Crippen LogP contribution in [0.4, 0.5) is 11.4 Å². The third-order valence-corrected chi connectivity index (χ3v) is 5.90. The van der Waals surface area contributed by atoms with Crippen LogP contribution in [0.3, 0.4) is 0 Å². The number of nitrogens with zero attached hydrogens (tertiary/aromatic N) is 3. The van der Waals surface area contributed by atoms with Crippen LogP contribution in [-0.2, 0) is 0 Å². The largest absolute Gasteiger partial charge is 0.370 e. The summed E-state index contributed by atoms with van der Waals surface area (Å²) < 4.78 is 0. The zero-order chi connectivity index (χ0) is 21.1. The topological polar surface area (TPSA) is 73.2 Å². The Morgan fingerprint density at radius 3 is 1.88 bits per heavy atom. The number of nitrogens with one attached hydrogen (secondary N) is 3. The molecule has 1 unspecified atom stereocenters. The van der Waals surface area contributed by atoms with E-state index in [-0.39, 0.29) is 6.04 Å². The molecule has 0 saturated heterocycles. The van der Waals surface area contributed by atoms with Crippen molar-refractivity contribution >= 4 is 28.5 Å².